The summed E-state index contributed by atoms with van der Waals surface area (Å²) in [5.41, 5.74) is 19.6. The largest absolute Gasteiger partial charge is 0.310 e. The minimum Gasteiger partial charge on any atom is -0.310 e. The molecule has 0 saturated heterocycles. The average Bonchev–Trinajstić information content (AvgIpc) is 3.49. The highest BCUT2D eigenvalue weighted by molar-refractivity contribution is 5.95. The van der Waals surface area contributed by atoms with Crippen molar-refractivity contribution in [1.29, 1.82) is 0 Å². The highest BCUT2D eigenvalue weighted by Crippen LogP contribution is 2.70. The fourth-order valence-electron chi connectivity index (χ4n) is 14.1. The van der Waals surface area contributed by atoms with Gasteiger partial charge in [0.15, 0.2) is 0 Å². The van der Waals surface area contributed by atoms with E-state index in [0.29, 0.717) is 0 Å². The number of fused-ring (bicyclic) bond motifs is 5. The lowest BCUT2D eigenvalue weighted by Gasteiger charge is -2.61. The van der Waals surface area contributed by atoms with Gasteiger partial charge >= 0.3 is 0 Å². The van der Waals surface area contributed by atoms with E-state index in [1.807, 2.05) is 0 Å². The quantitative estimate of drug-likeness (QED) is 0.177. The molecule has 0 atom stereocenters. The van der Waals surface area contributed by atoms with Gasteiger partial charge in [-0.05, 0) is 184 Å². The minimum absolute atomic E-state index is 0.126. The molecule has 0 N–H and O–H groups in total. The van der Waals surface area contributed by atoms with Crippen LogP contribution in [0.3, 0.4) is 0 Å². The summed E-state index contributed by atoms with van der Waals surface area (Å²) in [5, 5.41) is 0. The first kappa shape index (κ1) is 36.0. The molecule has 0 aliphatic heterocycles. The van der Waals surface area contributed by atoms with Crippen molar-refractivity contribution in [3.63, 3.8) is 0 Å². The molecule has 1 heteroatoms. The van der Waals surface area contributed by atoms with Gasteiger partial charge in [0.25, 0.3) is 0 Å². The smallest absolute Gasteiger partial charge is 0.0543 e. The van der Waals surface area contributed by atoms with Gasteiger partial charge in [-0.15, -0.1) is 0 Å². The summed E-state index contributed by atoms with van der Waals surface area (Å²) in [4.78, 5) is 2.64. The molecule has 1 spiro atoms. The Bertz CT molecular complexity index is 2410. The maximum atomic E-state index is 2.64. The molecule has 5 aromatic rings. The second-order valence-electron chi connectivity index (χ2n) is 22.3. The van der Waals surface area contributed by atoms with Crippen LogP contribution in [-0.4, -0.2) is 0 Å². The van der Waals surface area contributed by atoms with E-state index in [1.165, 1.54) is 119 Å². The average molecular weight is 750 g/mol. The zero-order valence-corrected chi connectivity index (χ0v) is 35.9. The Balaban J connectivity index is 1.10. The molecule has 0 heterocycles. The number of anilines is 3. The molecule has 0 amide bonds. The molecular formula is C56H63N. The Kier molecular flexibility index (Phi) is 7.58. The van der Waals surface area contributed by atoms with E-state index >= 15 is 0 Å². The molecule has 0 aromatic heterocycles. The van der Waals surface area contributed by atoms with Gasteiger partial charge in [-0.2, -0.15) is 0 Å². The molecule has 4 fully saturated rings. The molecule has 4 saturated carbocycles. The summed E-state index contributed by atoms with van der Waals surface area (Å²) in [6, 6.07) is 41.5. The topological polar surface area (TPSA) is 3.24 Å². The summed E-state index contributed by atoms with van der Waals surface area (Å²) in [5.74, 6) is 3.36. The third-order valence-corrected chi connectivity index (χ3v) is 17.2. The van der Waals surface area contributed by atoms with Crippen molar-refractivity contribution < 1.29 is 0 Å². The van der Waals surface area contributed by atoms with E-state index in [2.05, 4.69) is 163 Å². The molecule has 7 aliphatic carbocycles. The van der Waals surface area contributed by atoms with Crippen molar-refractivity contribution in [2.75, 3.05) is 4.90 Å². The fraction of sp³-hybridized carbons (Fsp3) is 0.464. The molecule has 57 heavy (non-hydrogen) atoms. The van der Waals surface area contributed by atoms with Crippen LogP contribution in [0.4, 0.5) is 17.1 Å². The van der Waals surface area contributed by atoms with Gasteiger partial charge in [-0.25, -0.2) is 0 Å². The number of hydrogen-bond acceptors (Lipinski definition) is 1. The van der Waals surface area contributed by atoms with Crippen LogP contribution in [0.1, 0.15) is 147 Å². The maximum absolute atomic E-state index is 2.64. The Morgan fingerprint density at radius 3 is 1.56 bits per heavy atom. The van der Waals surface area contributed by atoms with Crippen molar-refractivity contribution in [3.05, 3.63) is 137 Å². The van der Waals surface area contributed by atoms with Crippen molar-refractivity contribution in [1.82, 2.24) is 0 Å². The zero-order valence-electron chi connectivity index (χ0n) is 35.9. The summed E-state index contributed by atoms with van der Waals surface area (Å²) in [7, 11) is 0. The van der Waals surface area contributed by atoms with Crippen molar-refractivity contribution in [2.24, 2.45) is 23.7 Å². The van der Waals surface area contributed by atoms with Crippen molar-refractivity contribution in [3.8, 4) is 22.3 Å². The minimum atomic E-state index is 0.126. The highest BCUT2D eigenvalue weighted by Gasteiger charge is 2.62. The number of hydrogen-bond donors (Lipinski definition) is 0. The molecular weight excluding hydrogens is 687 g/mol. The van der Waals surface area contributed by atoms with Crippen LogP contribution in [0.15, 0.2) is 103 Å². The molecule has 0 unspecified atom stereocenters. The first-order valence-electron chi connectivity index (χ1n) is 22.6. The maximum Gasteiger partial charge on any atom is 0.0543 e. The molecule has 4 bridgehead atoms. The number of rotatable bonds is 4. The van der Waals surface area contributed by atoms with Crippen LogP contribution in [-0.2, 0) is 27.1 Å². The van der Waals surface area contributed by atoms with E-state index in [1.54, 1.807) is 11.1 Å². The summed E-state index contributed by atoms with van der Waals surface area (Å²) in [6.45, 7) is 19.6. The van der Waals surface area contributed by atoms with Gasteiger partial charge < -0.3 is 4.90 Å². The van der Waals surface area contributed by atoms with Gasteiger partial charge in [0.2, 0.25) is 0 Å². The van der Waals surface area contributed by atoms with Gasteiger partial charge in [-0.3, -0.25) is 0 Å². The van der Waals surface area contributed by atoms with Crippen LogP contribution in [0.25, 0.3) is 22.3 Å². The van der Waals surface area contributed by atoms with E-state index in [9.17, 15) is 0 Å². The second kappa shape index (κ2) is 12.0. The third-order valence-electron chi connectivity index (χ3n) is 17.2. The predicted octanol–water partition coefficient (Wildman–Crippen LogP) is 15.2. The summed E-state index contributed by atoms with van der Waals surface area (Å²) in [6.07, 6.45) is 12.0. The monoisotopic (exact) mass is 749 g/mol. The van der Waals surface area contributed by atoms with Gasteiger partial charge in [-0.1, -0.05) is 128 Å². The predicted molar refractivity (Wildman–Crippen MR) is 240 cm³/mol. The van der Waals surface area contributed by atoms with E-state index in [4.69, 9.17) is 0 Å². The number of benzene rings is 5. The standard InChI is InChI=1S/C56H63N/c1-52(2)24-26-54(5,6)48-33-38(18-22-45(48)52)37-16-19-41(20-17-37)57(42-21-23-46-49(34-42)55(7,8)27-25-53(46,3)4)50-15-11-14-47-51(50)43-12-9-10-13-44(43)56(47)39-29-35-28-36(31-39)32-40(56)30-35/h9-23,33-36,39-40H,24-32H2,1-8H3. The lowest BCUT2D eigenvalue weighted by Crippen LogP contribution is -2.55. The van der Waals surface area contributed by atoms with E-state index in [0.717, 1.165) is 23.7 Å². The van der Waals surface area contributed by atoms with Gasteiger partial charge in [0.05, 0.1) is 5.69 Å². The Hall–Kier alpha value is -4.10. The third kappa shape index (κ3) is 5.12. The SMILES string of the molecule is CC1(C)CCC(C)(C)c2cc(-c3ccc(N(c4ccc5c(c4)C(C)(C)CCC5(C)C)c4cccc5c4-c4ccccc4C54C5CC6CC(C5)CC4C6)cc3)ccc21. The van der Waals surface area contributed by atoms with E-state index < -0.39 is 0 Å². The second-order valence-corrected chi connectivity index (χ2v) is 22.3. The van der Waals surface area contributed by atoms with Gasteiger partial charge in [0, 0.05) is 22.4 Å². The normalized spacial score (nSPS) is 28.7. The molecule has 5 aromatic carbocycles. The molecule has 12 rings (SSSR count). The molecule has 1 nitrogen and oxygen atoms in total. The Labute approximate surface area is 343 Å². The van der Waals surface area contributed by atoms with Gasteiger partial charge in [0.1, 0.15) is 0 Å². The van der Waals surface area contributed by atoms with Crippen molar-refractivity contribution in [2.45, 2.75) is 140 Å². The van der Waals surface area contributed by atoms with Crippen LogP contribution in [0.5, 0.6) is 0 Å². The lowest BCUT2D eigenvalue weighted by atomic mass is 9.43. The fourth-order valence-corrected chi connectivity index (χ4v) is 14.1. The first-order valence-corrected chi connectivity index (χ1v) is 22.6. The lowest BCUT2D eigenvalue weighted by molar-refractivity contribution is -0.0399. The van der Waals surface area contributed by atoms with Crippen LogP contribution < -0.4 is 4.90 Å². The van der Waals surface area contributed by atoms with Crippen LogP contribution >= 0.6 is 0 Å². The van der Waals surface area contributed by atoms with Crippen LogP contribution in [0.2, 0.25) is 0 Å². The zero-order chi connectivity index (χ0) is 39.3. The Morgan fingerprint density at radius 2 is 0.930 bits per heavy atom. The first-order chi connectivity index (χ1) is 27.2. The summed E-state index contributed by atoms with van der Waals surface area (Å²) >= 11 is 0. The highest BCUT2D eigenvalue weighted by atomic mass is 15.1. The van der Waals surface area contributed by atoms with Crippen molar-refractivity contribution >= 4 is 17.1 Å². The number of nitrogens with zero attached hydrogens (tertiary/aromatic N) is 1. The molecule has 7 aliphatic rings. The molecule has 292 valence electrons. The molecule has 0 radical (unpaired) electrons. The van der Waals surface area contributed by atoms with E-state index in [-0.39, 0.29) is 27.1 Å². The van der Waals surface area contributed by atoms with Crippen LogP contribution in [0, 0.1) is 23.7 Å². The Morgan fingerprint density at radius 1 is 0.421 bits per heavy atom. The summed E-state index contributed by atoms with van der Waals surface area (Å²) < 4.78 is 0.